The van der Waals surface area contributed by atoms with Crippen LogP contribution in [0.5, 0.6) is 5.75 Å². The fourth-order valence-electron chi connectivity index (χ4n) is 3.56. The van der Waals surface area contributed by atoms with E-state index in [1.54, 1.807) is 24.3 Å². The zero-order valence-electron chi connectivity index (χ0n) is 19.8. The normalized spacial score (nSPS) is 10.5. The van der Waals surface area contributed by atoms with Crippen LogP contribution in [-0.4, -0.2) is 19.8 Å². The number of phenols is 1. The summed E-state index contributed by atoms with van der Waals surface area (Å²) < 4.78 is 2.10. The van der Waals surface area contributed by atoms with Gasteiger partial charge in [-0.05, 0) is 52.3 Å². The fraction of sp³-hybridized carbons (Fsp3) is 0.138. The molecule has 3 nitrogen and oxygen atoms in total. The van der Waals surface area contributed by atoms with Crippen LogP contribution in [0.3, 0.4) is 0 Å². The molecule has 0 aromatic heterocycles. The molecule has 0 saturated heterocycles. The predicted octanol–water partition coefficient (Wildman–Crippen LogP) is 8.03. The van der Waals surface area contributed by atoms with Crippen LogP contribution in [0.25, 0.3) is 0 Å². The average Bonchev–Trinajstić information content (AvgIpc) is 2.89. The molecule has 2 N–H and O–H groups in total. The van der Waals surface area contributed by atoms with Crippen molar-refractivity contribution in [2.45, 2.75) is 25.8 Å². The van der Waals surface area contributed by atoms with E-state index < -0.39 is 8.80 Å². The van der Waals surface area contributed by atoms with Crippen LogP contribution in [-0.2, 0) is 0 Å². The first-order valence-corrected chi connectivity index (χ1v) is 15.7. The summed E-state index contributed by atoms with van der Waals surface area (Å²) in [6.07, 6.45) is 2.62. The van der Waals surface area contributed by atoms with Gasteiger partial charge in [-0.25, -0.2) is 0 Å². The first-order valence-electron chi connectivity index (χ1n) is 11.6. The van der Waals surface area contributed by atoms with Gasteiger partial charge in [-0.2, -0.15) is 0 Å². The third kappa shape index (κ3) is 8.44. The summed E-state index contributed by atoms with van der Waals surface area (Å²) >= 11 is 9.80. The quantitative estimate of drug-likeness (QED) is 0.193. The first-order chi connectivity index (χ1) is 17.4. The number of amides is 1. The number of nitrogens with one attached hydrogen (secondary N) is 1. The second kappa shape index (κ2) is 14.5. The maximum atomic E-state index is 12.1. The van der Waals surface area contributed by atoms with Gasteiger partial charge < -0.3 is 10.4 Å². The number of carbonyl (C=O) groups excluding carboxylic acids is 1. The SMILES string of the molecule is CCCC[Si](c1ccccc1)c1ccccc1.O=C(Nc1ccc(Br)cc1)c1cc(Br)cc(Br)c1O. The minimum absolute atomic E-state index is 0.0854. The average molecular weight is 689 g/mol. The molecular weight excluding hydrogens is 662 g/mol. The molecule has 0 saturated carbocycles. The molecule has 7 heteroatoms. The number of unbranched alkanes of at least 4 members (excludes halogenated alkanes) is 1. The summed E-state index contributed by atoms with van der Waals surface area (Å²) in [5.41, 5.74) is 0.855. The van der Waals surface area contributed by atoms with Crippen molar-refractivity contribution in [2.24, 2.45) is 0 Å². The van der Waals surface area contributed by atoms with Crippen molar-refractivity contribution < 1.29 is 9.90 Å². The summed E-state index contributed by atoms with van der Waals surface area (Å²) in [5.74, 6) is -0.459. The summed E-state index contributed by atoms with van der Waals surface area (Å²) in [5, 5.41) is 15.7. The van der Waals surface area contributed by atoms with Gasteiger partial charge in [-0.15, -0.1) is 0 Å². The lowest BCUT2D eigenvalue weighted by atomic mass is 10.2. The van der Waals surface area contributed by atoms with Crippen molar-refractivity contribution in [3.8, 4) is 5.75 Å². The van der Waals surface area contributed by atoms with Crippen LogP contribution >= 0.6 is 47.8 Å². The van der Waals surface area contributed by atoms with E-state index in [1.807, 2.05) is 12.1 Å². The van der Waals surface area contributed by atoms with E-state index in [0.29, 0.717) is 14.6 Å². The number of aromatic hydroxyl groups is 1. The minimum Gasteiger partial charge on any atom is -0.506 e. The number of hydrogen-bond donors (Lipinski definition) is 2. The van der Waals surface area contributed by atoms with Gasteiger partial charge in [0.05, 0.1) is 10.0 Å². The standard InChI is InChI=1S/C16H19Si.C13H8Br3NO2/c1-2-3-14-17(15-10-6-4-7-11-15)16-12-8-5-9-13-16;14-7-1-3-9(4-2-7)17-13(19)10-5-8(15)6-11(16)12(10)18/h4-13H,2-3,14H2,1H3;1-6,18H,(H,17,19). The van der Waals surface area contributed by atoms with Crippen molar-refractivity contribution in [2.75, 3.05) is 5.32 Å². The van der Waals surface area contributed by atoms with Crippen LogP contribution in [0.1, 0.15) is 30.1 Å². The highest BCUT2D eigenvalue weighted by Crippen LogP contribution is 2.32. The number of hydrogen-bond acceptors (Lipinski definition) is 2. The van der Waals surface area contributed by atoms with E-state index in [-0.39, 0.29) is 17.2 Å². The van der Waals surface area contributed by atoms with Crippen molar-refractivity contribution in [3.05, 3.63) is 116 Å². The smallest absolute Gasteiger partial charge is 0.259 e. The highest BCUT2D eigenvalue weighted by molar-refractivity contribution is 9.11. The molecule has 4 aromatic carbocycles. The van der Waals surface area contributed by atoms with Crippen LogP contribution in [0, 0.1) is 0 Å². The zero-order chi connectivity index (χ0) is 25.9. The van der Waals surface area contributed by atoms with Crippen molar-refractivity contribution in [1.29, 1.82) is 0 Å². The van der Waals surface area contributed by atoms with Gasteiger partial charge in [0.25, 0.3) is 5.91 Å². The number of carbonyl (C=O) groups is 1. The molecule has 0 heterocycles. The van der Waals surface area contributed by atoms with E-state index >= 15 is 0 Å². The Kier molecular flexibility index (Phi) is 11.4. The molecule has 0 aliphatic heterocycles. The highest BCUT2D eigenvalue weighted by atomic mass is 79.9. The molecule has 0 aliphatic rings. The van der Waals surface area contributed by atoms with E-state index in [2.05, 4.69) is 121 Å². The van der Waals surface area contributed by atoms with Crippen molar-refractivity contribution >= 4 is 78.6 Å². The van der Waals surface area contributed by atoms with Gasteiger partial charge in [0.1, 0.15) is 14.5 Å². The van der Waals surface area contributed by atoms with Gasteiger partial charge in [-0.1, -0.05) is 129 Å². The Morgan fingerprint density at radius 3 is 1.89 bits per heavy atom. The molecule has 1 amide bonds. The van der Waals surface area contributed by atoms with Crippen LogP contribution in [0.4, 0.5) is 5.69 Å². The lowest BCUT2D eigenvalue weighted by molar-refractivity contribution is 0.102. The molecule has 4 rings (SSSR count). The molecule has 4 aromatic rings. The topological polar surface area (TPSA) is 49.3 Å². The summed E-state index contributed by atoms with van der Waals surface area (Å²) in [6.45, 7) is 2.27. The molecule has 185 valence electrons. The van der Waals surface area contributed by atoms with E-state index in [4.69, 9.17) is 0 Å². The van der Waals surface area contributed by atoms with Crippen LogP contribution in [0.15, 0.2) is 110 Å². The second-order valence-electron chi connectivity index (χ2n) is 8.06. The number of anilines is 1. The maximum Gasteiger partial charge on any atom is 0.259 e. The molecule has 0 unspecified atom stereocenters. The minimum atomic E-state index is -0.562. The van der Waals surface area contributed by atoms with Gasteiger partial charge >= 0.3 is 0 Å². The monoisotopic (exact) mass is 686 g/mol. The molecular formula is C29H27Br3NO2Si. The Morgan fingerprint density at radius 2 is 1.36 bits per heavy atom. The van der Waals surface area contributed by atoms with Crippen LogP contribution in [0.2, 0.25) is 6.04 Å². The number of phenolic OH excluding ortho intramolecular Hbond substituents is 1. The molecule has 0 bridgehead atoms. The molecule has 36 heavy (non-hydrogen) atoms. The van der Waals surface area contributed by atoms with E-state index in [0.717, 1.165) is 4.47 Å². The van der Waals surface area contributed by atoms with Gasteiger partial charge in [0, 0.05) is 14.6 Å². The van der Waals surface area contributed by atoms with E-state index in [9.17, 15) is 9.90 Å². The number of rotatable bonds is 7. The fourth-order valence-corrected chi connectivity index (χ4v) is 7.86. The van der Waals surface area contributed by atoms with Crippen molar-refractivity contribution in [1.82, 2.24) is 0 Å². The molecule has 0 atom stereocenters. The summed E-state index contributed by atoms with van der Waals surface area (Å²) in [6, 6.07) is 33.8. The third-order valence-electron chi connectivity index (χ3n) is 5.40. The second-order valence-corrected chi connectivity index (χ2v) is 13.4. The first kappa shape index (κ1) is 28.4. The molecule has 0 spiro atoms. The van der Waals surface area contributed by atoms with Crippen molar-refractivity contribution in [3.63, 3.8) is 0 Å². The van der Waals surface area contributed by atoms with Gasteiger partial charge in [0.15, 0.2) is 0 Å². The Balaban J connectivity index is 0.000000202. The summed E-state index contributed by atoms with van der Waals surface area (Å²) in [7, 11) is -0.562. The lowest BCUT2D eigenvalue weighted by Crippen LogP contribution is -2.41. The summed E-state index contributed by atoms with van der Waals surface area (Å²) in [4.78, 5) is 12.1. The molecule has 0 fully saturated rings. The Labute approximate surface area is 240 Å². The number of halogens is 3. The molecule has 0 aliphatic carbocycles. The lowest BCUT2D eigenvalue weighted by Gasteiger charge is -2.15. The zero-order valence-corrected chi connectivity index (χ0v) is 25.6. The van der Waals surface area contributed by atoms with Gasteiger partial charge in [0.2, 0.25) is 0 Å². The number of benzene rings is 4. The molecule has 1 radical (unpaired) electrons. The van der Waals surface area contributed by atoms with Gasteiger partial charge in [-0.3, -0.25) is 4.79 Å². The third-order valence-corrected chi connectivity index (χ3v) is 9.90. The Morgan fingerprint density at radius 1 is 0.806 bits per heavy atom. The Bertz CT molecular complexity index is 1210. The predicted molar refractivity (Wildman–Crippen MR) is 163 cm³/mol. The Hall–Kier alpha value is -2.19. The highest BCUT2D eigenvalue weighted by Gasteiger charge is 2.16. The van der Waals surface area contributed by atoms with E-state index in [1.165, 1.54) is 29.3 Å². The largest absolute Gasteiger partial charge is 0.506 e. The van der Waals surface area contributed by atoms with Crippen LogP contribution < -0.4 is 15.7 Å². The maximum absolute atomic E-state index is 12.1.